The summed E-state index contributed by atoms with van der Waals surface area (Å²) in [5.74, 6) is 0.369. The minimum atomic E-state index is 0.369. The lowest BCUT2D eigenvalue weighted by molar-refractivity contribution is -0.130. The molecule has 0 aromatic rings. The average Bonchev–Trinajstić information content (AvgIpc) is 2.47. The second kappa shape index (κ2) is 3.29. The maximum atomic E-state index is 11.4. The van der Waals surface area contributed by atoms with E-state index in [1.54, 1.807) is 0 Å². The molecule has 74 valence electrons. The van der Waals surface area contributed by atoms with Gasteiger partial charge in [-0.1, -0.05) is 0 Å². The smallest absolute Gasteiger partial charge is 0.222 e. The third-order valence-electron chi connectivity index (χ3n) is 3.26. The summed E-state index contributed by atoms with van der Waals surface area (Å²) in [6.07, 6.45) is 1.85. The lowest BCUT2D eigenvalue weighted by atomic mass is 10.1. The van der Waals surface area contributed by atoms with Crippen molar-refractivity contribution in [2.24, 2.45) is 0 Å². The van der Waals surface area contributed by atoms with Gasteiger partial charge in [0.2, 0.25) is 5.91 Å². The largest absolute Gasteiger partial charge is 0.337 e. The molecule has 0 aromatic heterocycles. The van der Waals surface area contributed by atoms with E-state index in [2.05, 4.69) is 23.6 Å². The molecule has 0 unspecified atom stereocenters. The van der Waals surface area contributed by atoms with Crippen LogP contribution in [-0.2, 0) is 4.79 Å². The van der Waals surface area contributed by atoms with E-state index in [9.17, 15) is 4.79 Å². The molecule has 1 atom stereocenters. The highest BCUT2D eigenvalue weighted by molar-refractivity contribution is 5.78. The summed E-state index contributed by atoms with van der Waals surface area (Å²) in [5, 5.41) is 0. The van der Waals surface area contributed by atoms with Gasteiger partial charge < -0.3 is 4.90 Å². The second-order valence-corrected chi connectivity index (χ2v) is 4.37. The zero-order chi connectivity index (χ0) is 9.42. The number of rotatable bonds is 1. The summed E-state index contributed by atoms with van der Waals surface area (Å²) < 4.78 is 0. The van der Waals surface area contributed by atoms with Crippen molar-refractivity contribution < 1.29 is 4.79 Å². The van der Waals surface area contributed by atoms with Gasteiger partial charge in [-0.3, -0.25) is 9.69 Å². The molecule has 2 fully saturated rings. The molecule has 3 heteroatoms. The Morgan fingerprint density at radius 3 is 2.85 bits per heavy atom. The van der Waals surface area contributed by atoms with Crippen LogP contribution in [0.3, 0.4) is 0 Å². The number of piperazine rings is 1. The maximum Gasteiger partial charge on any atom is 0.222 e. The third-order valence-corrected chi connectivity index (χ3v) is 3.26. The first kappa shape index (κ1) is 9.00. The predicted octanol–water partition coefficient (Wildman–Crippen LogP) is 0.701. The Bertz CT molecular complexity index is 215. The highest BCUT2D eigenvalue weighted by Crippen LogP contribution is 2.23. The summed E-state index contributed by atoms with van der Waals surface area (Å²) in [5.41, 5.74) is 0. The molecule has 2 aliphatic heterocycles. The van der Waals surface area contributed by atoms with E-state index in [-0.39, 0.29) is 0 Å². The average molecular weight is 182 g/mol. The Balaban J connectivity index is 1.99. The van der Waals surface area contributed by atoms with Crippen LogP contribution >= 0.6 is 0 Å². The van der Waals surface area contributed by atoms with Gasteiger partial charge in [0.15, 0.2) is 0 Å². The molecule has 0 spiro atoms. The van der Waals surface area contributed by atoms with Gasteiger partial charge in [0.05, 0.1) is 0 Å². The molecule has 0 aliphatic carbocycles. The van der Waals surface area contributed by atoms with Gasteiger partial charge in [-0.25, -0.2) is 0 Å². The summed E-state index contributed by atoms with van der Waals surface area (Å²) in [6.45, 7) is 7.55. The van der Waals surface area contributed by atoms with Crippen LogP contribution in [0, 0.1) is 0 Å². The first-order chi connectivity index (χ1) is 6.18. The summed E-state index contributed by atoms with van der Waals surface area (Å²) in [4.78, 5) is 15.9. The number of carbonyl (C=O) groups is 1. The number of hydrogen-bond acceptors (Lipinski definition) is 2. The van der Waals surface area contributed by atoms with Gasteiger partial charge in [0.1, 0.15) is 0 Å². The highest BCUT2D eigenvalue weighted by atomic mass is 16.2. The van der Waals surface area contributed by atoms with Crippen LogP contribution in [0.5, 0.6) is 0 Å². The van der Waals surface area contributed by atoms with Gasteiger partial charge in [-0.2, -0.15) is 0 Å². The van der Waals surface area contributed by atoms with Crippen molar-refractivity contribution in [1.82, 2.24) is 9.80 Å². The standard InChI is InChI=1S/C10H18N2O/c1-8(2)11-5-6-12-9(7-11)3-4-10(12)13/h8-9H,3-7H2,1-2H3/t9-/m0/s1. The Morgan fingerprint density at radius 2 is 2.15 bits per heavy atom. The number of hydrogen-bond donors (Lipinski definition) is 0. The van der Waals surface area contributed by atoms with Gasteiger partial charge in [-0.15, -0.1) is 0 Å². The van der Waals surface area contributed by atoms with Crippen LogP contribution in [0.25, 0.3) is 0 Å². The van der Waals surface area contributed by atoms with Crippen molar-refractivity contribution in [2.45, 2.75) is 38.8 Å². The minimum absolute atomic E-state index is 0.369. The fourth-order valence-corrected chi connectivity index (χ4v) is 2.36. The molecule has 2 aliphatic rings. The van der Waals surface area contributed by atoms with Crippen molar-refractivity contribution in [2.75, 3.05) is 19.6 Å². The van der Waals surface area contributed by atoms with E-state index in [1.165, 1.54) is 0 Å². The molecule has 13 heavy (non-hydrogen) atoms. The molecule has 0 bridgehead atoms. The number of fused-ring (bicyclic) bond motifs is 1. The van der Waals surface area contributed by atoms with E-state index in [0.29, 0.717) is 18.0 Å². The van der Waals surface area contributed by atoms with Crippen LogP contribution in [0.2, 0.25) is 0 Å². The second-order valence-electron chi connectivity index (χ2n) is 4.37. The lowest BCUT2D eigenvalue weighted by Crippen LogP contribution is -2.53. The molecule has 3 nitrogen and oxygen atoms in total. The lowest BCUT2D eigenvalue weighted by Gasteiger charge is -2.39. The molecule has 2 rings (SSSR count). The summed E-state index contributed by atoms with van der Waals surface area (Å²) in [6, 6.07) is 1.14. The Hall–Kier alpha value is -0.570. The highest BCUT2D eigenvalue weighted by Gasteiger charge is 2.35. The zero-order valence-electron chi connectivity index (χ0n) is 8.49. The molecular weight excluding hydrogens is 164 g/mol. The SMILES string of the molecule is CC(C)N1CCN2C(=O)CC[C@H]2C1. The van der Waals surface area contributed by atoms with Crippen LogP contribution in [0.15, 0.2) is 0 Å². The number of nitrogens with zero attached hydrogens (tertiary/aromatic N) is 2. The van der Waals surface area contributed by atoms with Crippen LogP contribution in [0.4, 0.5) is 0 Å². The van der Waals surface area contributed by atoms with E-state index < -0.39 is 0 Å². The molecule has 2 heterocycles. The van der Waals surface area contributed by atoms with Crippen molar-refractivity contribution >= 4 is 5.91 Å². The van der Waals surface area contributed by atoms with E-state index in [4.69, 9.17) is 0 Å². The molecular formula is C10H18N2O. The molecule has 1 amide bonds. The number of carbonyl (C=O) groups excluding carboxylic acids is 1. The Kier molecular flexibility index (Phi) is 2.28. The minimum Gasteiger partial charge on any atom is -0.337 e. The number of amides is 1. The summed E-state index contributed by atoms with van der Waals surface area (Å²) >= 11 is 0. The predicted molar refractivity (Wildman–Crippen MR) is 51.4 cm³/mol. The molecule has 2 saturated heterocycles. The topological polar surface area (TPSA) is 23.6 Å². The van der Waals surface area contributed by atoms with E-state index >= 15 is 0 Å². The summed E-state index contributed by atoms with van der Waals surface area (Å²) in [7, 11) is 0. The van der Waals surface area contributed by atoms with Gasteiger partial charge in [0, 0.05) is 38.1 Å². The quantitative estimate of drug-likeness (QED) is 0.596. The van der Waals surface area contributed by atoms with Crippen molar-refractivity contribution in [3.8, 4) is 0 Å². The third kappa shape index (κ3) is 1.57. The molecule has 0 saturated carbocycles. The monoisotopic (exact) mass is 182 g/mol. The van der Waals surface area contributed by atoms with Crippen LogP contribution in [0.1, 0.15) is 26.7 Å². The molecule has 0 radical (unpaired) electrons. The van der Waals surface area contributed by atoms with Crippen LogP contribution in [-0.4, -0.2) is 47.4 Å². The first-order valence-electron chi connectivity index (χ1n) is 5.22. The fourth-order valence-electron chi connectivity index (χ4n) is 2.36. The maximum absolute atomic E-state index is 11.4. The first-order valence-corrected chi connectivity index (χ1v) is 5.22. The fraction of sp³-hybridized carbons (Fsp3) is 0.900. The van der Waals surface area contributed by atoms with Gasteiger partial charge in [0.25, 0.3) is 0 Å². The van der Waals surface area contributed by atoms with E-state index in [0.717, 1.165) is 32.5 Å². The van der Waals surface area contributed by atoms with Crippen molar-refractivity contribution in [3.63, 3.8) is 0 Å². The molecule has 0 aromatic carbocycles. The molecule has 0 N–H and O–H groups in total. The Labute approximate surface area is 79.7 Å². The van der Waals surface area contributed by atoms with Gasteiger partial charge >= 0.3 is 0 Å². The van der Waals surface area contributed by atoms with Crippen LogP contribution < -0.4 is 0 Å². The van der Waals surface area contributed by atoms with Crippen molar-refractivity contribution in [3.05, 3.63) is 0 Å². The van der Waals surface area contributed by atoms with Crippen molar-refractivity contribution in [1.29, 1.82) is 0 Å². The normalized spacial score (nSPS) is 29.9. The Morgan fingerprint density at radius 1 is 1.38 bits per heavy atom. The van der Waals surface area contributed by atoms with E-state index in [1.807, 2.05) is 0 Å². The van der Waals surface area contributed by atoms with Gasteiger partial charge in [-0.05, 0) is 20.3 Å². The zero-order valence-corrected chi connectivity index (χ0v) is 8.49.